The minimum absolute atomic E-state index is 0.125. The molecule has 0 radical (unpaired) electrons. The molecule has 162 valence electrons. The van der Waals surface area contributed by atoms with Gasteiger partial charge in [0.2, 0.25) is 11.7 Å². The molecule has 0 aliphatic rings. The van der Waals surface area contributed by atoms with E-state index in [2.05, 4.69) is 27.3 Å². The number of hydrogen-bond acceptors (Lipinski definition) is 7. The van der Waals surface area contributed by atoms with Gasteiger partial charge >= 0.3 is 0 Å². The first-order chi connectivity index (χ1) is 15.7. The fraction of sp³-hybridized carbons (Fsp3) is 0.261. The molecule has 9 heteroatoms. The van der Waals surface area contributed by atoms with E-state index in [0.717, 1.165) is 36.0 Å². The van der Waals surface area contributed by atoms with Gasteiger partial charge < -0.3 is 4.52 Å². The molecule has 0 atom stereocenters. The van der Waals surface area contributed by atoms with Crippen molar-refractivity contribution in [3.8, 4) is 5.69 Å². The number of para-hydroxylation sites is 1. The topological polar surface area (TPSA) is 91.1 Å². The average molecular weight is 447 g/mol. The van der Waals surface area contributed by atoms with Crippen LogP contribution in [0.1, 0.15) is 37.0 Å². The number of aromatic nitrogens is 6. The molecule has 0 fully saturated rings. The molecule has 0 spiro atoms. The summed E-state index contributed by atoms with van der Waals surface area (Å²) in [5.41, 5.74) is 2.51. The van der Waals surface area contributed by atoms with Crippen molar-refractivity contribution in [2.75, 3.05) is 0 Å². The predicted molar refractivity (Wildman–Crippen MR) is 123 cm³/mol. The van der Waals surface area contributed by atoms with Crippen molar-refractivity contribution in [2.45, 2.75) is 44.0 Å². The lowest BCUT2D eigenvalue weighted by Gasteiger charge is -2.11. The number of rotatable bonds is 7. The van der Waals surface area contributed by atoms with E-state index in [1.165, 1.54) is 11.8 Å². The van der Waals surface area contributed by atoms with E-state index >= 15 is 0 Å². The summed E-state index contributed by atoms with van der Waals surface area (Å²) in [7, 11) is 0. The number of benzene rings is 2. The van der Waals surface area contributed by atoms with Crippen LogP contribution in [0.25, 0.3) is 22.4 Å². The predicted octanol–water partition coefficient (Wildman–Crippen LogP) is 4.36. The van der Waals surface area contributed by atoms with Crippen LogP contribution < -0.4 is 5.56 Å². The van der Waals surface area contributed by atoms with Crippen LogP contribution >= 0.6 is 11.8 Å². The summed E-state index contributed by atoms with van der Waals surface area (Å²) in [6, 6.07) is 15.3. The molecule has 0 unspecified atom stereocenters. The highest BCUT2D eigenvalue weighted by atomic mass is 32.2. The molecule has 2 aromatic carbocycles. The Hall–Kier alpha value is -3.46. The van der Waals surface area contributed by atoms with Crippen LogP contribution in [-0.2, 0) is 12.2 Å². The quantitative estimate of drug-likeness (QED) is 0.343. The van der Waals surface area contributed by atoms with Crippen LogP contribution in [-0.4, -0.2) is 29.3 Å². The molecule has 0 aliphatic carbocycles. The van der Waals surface area contributed by atoms with Crippen molar-refractivity contribution in [2.24, 2.45) is 0 Å². The second-order valence-corrected chi connectivity index (χ2v) is 8.55. The minimum atomic E-state index is -0.125. The Balaban J connectivity index is 1.58. The molecule has 0 amide bonds. The zero-order valence-corrected chi connectivity index (χ0v) is 18.7. The summed E-state index contributed by atoms with van der Waals surface area (Å²) in [4.78, 5) is 17.8. The van der Waals surface area contributed by atoms with Crippen LogP contribution in [0.5, 0.6) is 0 Å². The van der Waals surface area contributed by atoms with E-state index in [1.807, 2.05) is 59.9 Å². The van der Waals surface area contributed by atoms with Gasteiger partial charge in [-0.3, -0.25) is 9.20 Å². The first-order valence-corrected chi connectivity index (χ1v) is 11.5. The molecule has 0 N–H and O–H groups in total. The number of thioether (sulfide) groups is 1. The second kappa shape index (κ2) is 8.58. The number of aryl methyl sites for hydroxylation is 2. The third-order valence-corrected chi connectivity index (χ3v) is 6.20. The summed E-state index contributed by atoms with van der Waals surface area (Å²) >= 11 is 1.46. The average Bonchev–Trinajstić information content (AvgIpc) is 3.44. The molecule has 3 aromatic heterocycles. The third kappa shape index (κ3) is 3.69. The SMILES string of the molecule is CCCCc1nc(CSc2nnc3n(-c4ccc(C)cc4)c(=O)c4ccccc4n23)no1. The molecule has 32 heavy (non-hydrogen) atoms. The smallest absolute Gasteiger partial charge is 0.267 e. The Bertz CT molecular complexity index is 1450. The van der Waals surface area contributed by atoms with Crippen molar-refractivity contribution in [3.63, 3.8) is 0 Å². The standard InChI is InChI=1S/C23H22N6O2S/c1-3-4-9-20-24-19(27-31-20)14-32-23-26-25-22-28(16-12-10-15(2)11-13-16)21(30)17-7-5-6-8-18(17)29(22)23/h5-8,10-13H,3-4,9,14H2,1-2H3. The first kappa shape index (κ1) is 20.4. The monoisotopic (exact) mass is 446 g/mol. The molecule has 8 nitrogen and oxygen atoms in total. The van der Waals surface area contributed by atoms with Gasteiger partial charge in [-0.1, -0.05) is 60.1 Å². The lowest BCUT2D eigenvalue weighted by atomic mass is 10.2. The van der Waals surface area contributed by atoms with Gasteiger partial charge in [-0.05, 0) is 37.6 Å². The maximum Gasteiger partial charge on any atom is 0.267 e. The van der Waals surface area contributed by atoms with Crippen LogP contribution in [0.4, 0.5) is 0 Å². The minimum Gasteiger partial charge on any atom is -0.339 e. The molecule has 0 saturated heterocycles. The van der Waals surface area contributed by atoms with Crippen molar-refractivity contribution in [1.82, 2.24) is 29.3 Å². The zero-order chi connectivity index (χ0) is 22.1. The fourth-order valence-corrected chi connectivity index (χ4v) is 4.39. The van der Waals surface area contributed by atoms with Crippen molar-refractivity contribution in [1.29, 1.82) is 0 Å². The highest BCUT2D eigenvalue weighted by Crippen LogP contribution is 2.25. The van der Waals surface area contributed by atoms with E-state index in [-0.39, 0.29) is 5.56 Å². The van der Waals surface area contributed by atoms with E-state index < -0.39 is 0 Å². The third-order valence-electron chi connectivity index (χ3n) is 5.27. The molecule has 0 saturated carbocycles. The van der Waals surface area contributed by atoms with Gasteiger partial charge in [0, 0.05) is 6.42 Å². The zero-order valence-electron chi connectivity index (χ0n) is 17.9. The number of hydrogen-bond donors (Lipinski definition) is 0. The van der Waals surface area contributed by atoms with Crippen LogP contribution in [0.2, 0.25) is 0 Å². The molecular weight excluding hydrogens is 424 g/mol. The highest BCUT2D eigenvalue weighted by Gasteiger charge is 2.18. The van der Waals surface area contributed by atoms with E-state index in [0.29, 0.717) is 33.8 Å². The van der Waals surface area contributed by atoms with E-state index in [9.17, 15) is 4.79 Å². The second-order valence-electron chi connectivity index (χ2n) is 7.61. The molecule has 0 bridgehead atoms. The molecule has 5 aromatic rings. The Morgan fingerprint density at radius 3 is 2.69 bits per heavy atom. The van der Waals surface area contributed by atoms with Crippen LogP contribution in [0.15, 0.2) is 63.0 Å². The lowest BCUT2D eigenvalue weighted by Crippen LogP contribution is -2.21. The number of unbranched alkanes of at least 4 members (excludes halogenated alkanes) is 1. The molecular formula is C23H22N6O2S. The van der Waals surface area contributed by atoms with Crippen molar-refractivity contribution in [3.05, 3.63) is 76.2 Å². The van der Waals surface area contributed by atoms with Crippen LogP contribution in [0, 0.1) is 6.92 Å². The van der Waals surface area contributed by atoms with Gasteiger partial charge in [0.25, 0.3) is 5.56 Å². The summed E-state index contributed by atoms with van der Waals surface area (Å²) in [5, 5.41) is 14.1. The molecule has 5 rings (SSSR count). The summed E-state index contributed by atoms with van der Waals surface area (Å²) in [6.45, 7) is 4.14. The maximum absolute atomic E-state index is 13.3. The maximum atomic E-state index is 13.3. The molecule has 0 aliphatic heterocycles. The first-order valence-electron chi connectivity index (χ1n) is 10.6. The van der Waals surface area contributed by atoms with E-state index in [1.54, 1.807) is 4.57 Å². The number of nitrogens with zero attached hydrogens (tertiary/aromatic N) is 6. The summed E-state index contributed by atoms with van der Waals surface area (Å²) in [6.07, 6.45) is 2.88. The Kier molecular flexibility index (Phi) is 5.48. The van der Waals surface area contributed by atoms with Crippen LogP contribution in [0.3, 0.4) is 0 Å². The summed E-state index contributed by atoms with van der Waals surface area (Å²) < 4.78 is 8.86. The Labute approximate surface area is 188 Å². The van der Waals surface area contributed by atoms with Gasteiger partial charge in [0.05, 0.1) is 22.3 Å². The number of fused-ring (bicyclic) bond motifs is 3. The van der Waals surface area contributed by atoms with Crippen molar-refractivity contribution >= 4 is 28.4 Å². The van der Waals surface area contributed by atoms with Gasteiger partial charge in [-0.25, -0.2) is 4.57 Å². The van der Waals surface area contributed by atoms with E-state index in [4.69, 9.17) is 4.52 Å². The van der Waals surface area contributed by atoms with Gasteiger partial charge in [-0.2, -0.15) is 4.98 Å². The highest BCUT2D eigenvalue weighted by molar-refractivity contribution is 7.98. The normalized spacial score (nSPS) is 11.6. The fourth-order valence-electron chi connectivity index (χ4n) is 3.61. The summed E-state index contributed by atoms with van der Waals surface area (Å²) in [5.74, 6) is 2.24. The Morgan fingerprint density at radius 1 is 1.06 bits per heavy atom. The largest absolute Gasteiger partial charge is 0.339 e. The Morgan fingerprint density at radius 2 is 1.88 bits per heavy atom. The van der Waals surface area contributed by atoms with Gasteiger partial charge in [0.15, 0.2) is 11.0 Å². The van der Waals surface area contributed by atoms with Gasteiger partial charge in [-0.15, -0.1) is 10.2 Å². The molecule has 3 heterocycles. The van der Waals surface area contributed by atoms with Gasteiger partial charge in [0.1, 0.15) is 0 Å². The lowest BCUT2D eigenvalue weighted by molar-refractivity contribution is 0.371. The van der Waals surface area contributed by atoms with Crippen molar-refractivity contribution < 1.29 is 4.52 Å².